The molecule has 1 unspecified atom stereocenters. The molecule has 29 heavy (non-hydrogen) atoms. The van der Waals surface area contributed by atoms with Crippen LogP contribution in [-0.2, 0) is 21.2 Å². The van der Waals surface area contributed by atoms with Crippen molar-refractivity contribution in [2.24, 2.45) is 0 Å². The van der Waals surface area contributed by atoms with Gasteiger partial charge in [0, 0.05) is 35.3 Å². The van der Waals surface area contributed by atoms with E-state index in [1.807, 2.05) is 13.0 Å². The van der Waals surface area contributed by atoms with Crippen molar-refractivity contribution in [1.82, 2.24) is 10.0 Å². The zero-order valence-corrected chi connectivity index (χ0v) is 18.8. The second-order valence-electron chi connectivity index (χ2n) is 6.68. The Balaban J connectivity index is 2.13. The summed E-state index contributed by atoms with van der Waals surface area (Å²) in [4.78, 5) is 12.8. The number of hydrogen-bond donors (Lipinski definition) is 2. The first kappa shape index (κ1) is 23.6. The molecule has 2 N–H and O–H groups in total. The van der Waals surface area contributed by atoms with Crippen LogP contribution in [0.1, 0.15) is 28.4 Å². The van der Waals surface area contributed by atoms with Crippen molar-refractivity contribution >= 4 is 39.1 Å². The van der Waals surface area contributed by atoms with E-state index in [-0.39, 0.29) is 30.0 Å². The smallest absolute Gasteiger partial charge is 0.251 e. The molecule has 6 nitrogen and oxygen atoms in total. The Kier molecular flexibility index (Phi) is 8.48. The molecular weight excluding hydrogens is 435 g/mol. The Hall–Kier alpha value is -1.64. The van der Waals surface area contributed by atoms with Crippen LogP contribution in [0.2, 0.25) is 10.0 Å². The Bertz CT molecular complexity index is 980. The van der Waals surface area contributed by atoms with Crippen molar-refractivity contribution in [1.29, 1.82) is 0 Å². The van der Waals surface area contributed by atoms with Gasteiger partial charge in [0.1, 0.15) is 0 Å². The fourth-order valence-corrected chi connectivity index (χ4v) is 4.27. The quantitative estimate of drug-likeness (QED) is 0.562. The van der Waals surface area contributed by atoms with Crippen molar-refractivity contribution < 1.29 is 17.9 Å². The summed E-state index contributed by atoms with van der Waals surface area (Å²) in [6.07, 6.45) is 0.511. The number of rotatable bonds is 9. The number of carbonyl (C=O) groups is 1. The first-order chi connectivity index (χ1) is 13.6. The van der Waals surface area contributed by atoms with Gasteiger partial charge in [-0.3, -0.25) is 4.79 Å². The Morgan fingerprint density at radius 2 is 1.90 bits per heavy atom. The van der Waals surface area contributed by atoms with Crippen LogP contribution in [0.5, 0.6) is 0 Å². The van der Waals surface area contributed by atoms with Crippen LogP contribution in [0.4, 0.5) is 0 Å². The number of halogens is 2. The van der Waals surface area contributed by atoms with Crippen molar-refractivity contribution in [2.45, 2.75) is 31.2 Å². The molecular formula is C20H24Cl2N2O4S. The minimum absolute atomic E-state index is 0.0257. The average molecular weight is 459 g/mol. The number of benzene rings is 2. The third-order valence-corrected chi connectivity index (χ3v) is 6.33. The fourth-order valence-electron chi connectivity index (χ4n) is 2.74. The number of ether oxygens (including phenoxy) is 1. The molecule has 0 radical (unpaired) electrons. The number of aryl methyl sites for hydroxylation is 1. The molecule has 1 amide bonds. The molecule has 0 aliphatic rings. The van der Waals surface area contributed by atoms with Crippen LogP contribution in [0.25, 0.3) is 0 Å². The van der Waals surface area contributed by atoms with Gasteiger partial charge in [0.15, 0.2) is 0 Å². The van der Waals surface area contributed by atoms with Crippen LogP contribution in [0.3, 0.4) is 0 Å². The van der Waals surface area contributed by atoms with E-state index in [4.69, 9.17) is 27.9 Å². The summed E-state index contributed by atoms with van der Waals surface area (Å²) < 4.78 is 32.1. The molecule has 0 aromatic heterocycles. The van der Waals surface area contributed by atoms with Gasteiger partial charge in [-0.1, -0.05) is 35.3 Å². The zero-order valence-electron chi connectivity index (χ0n) is 16.5. The van der Waals surface area contributed by atoms with Gasteiger partial charge in [-0.2, -0.15) is 0 Å². The van der Waals surface area contributed by atoms with Gasteiger partial charge in [-0.15, -0.1) is 0 Å². The van der Waals surface area contributed by atoms with Crippen molar-refractivity contribution in [3.8, 4) is 0 Å². The largest absolute Gasteiger partial charge is 0.383 e. The lowest BCUT2D eigenvalue weighted by Gasteiger charge is -2.16. The van der Waals surface area contributed by atoms with E-state index < -0.39 is 10.0 Å². The number of amides is 1. The van der Waals surface area contributed by atoms with E-state index in [2.05, 4.69) is 10.0 Å². The van der Waals surface area contributed by atoms with Gasteiger partial charge in [0.2, 0.25) is 10.0 Å². The van der Waals surface area contributed by atoms with E-state index >= 15 is 0 Å². The molecule has 1 atom stereocenters. The fraction of sp³-hybridized carbons (Fsp3) is 0.350. The Morgan fingerprint density at radius 3 is 2.55 bits per heavy atom. The van der Waals surface area contributed by atoms with Crippen LogP contribution in [0, 0.1) is 6.92 Å². The maximum absolute atomic E-state index is 12.7. The lowest BCUT2D eigenvalue weighted by Crippen LogP contribution is -2.35. The minimum Gasteiger partial charge on any atom is -0.383 e. The summed E-state index contributed by atoms with van der Waals surface area (Å²) in [5, 5.41) is 3.97. The lowest BCUT2D eigenvalue weighted by atomic mass is 10.1. The summed E-state index contributed by atoms with van der Waals surface area (Å²) in [5.41, 5.74) is 1.84. The number of carbonyl (C=O) groups excluding carboxylic acids is 1. The molecule has 0 aliphatic carbocycles. The molecule has 0 bridgehead atoms. The number of methoxy groups -OCH3 is 1. The van der Waals surface area contributed by atoms with Crippen molar-refractivity contribution in [3.63, 3.8) is 0 Å². The molecule has 0 saturated carbocycles. The molecule has 2 rings (SSSR count). The maximum Gasteiger partial charge on any atom is 0.251 e. The van der Waals surface area contributed by atoms with Gasteiger partial charge >= 0.3 is 0 Å². The molecule has 0 fully saturated rings. The highest BCUT2D eigenvalue weighted by Gasteiger charge is 2.19. The Morgan fingerprint density at radius 1 is 1.17 bits per heavy atom. The molecule has 0 saturated heterocycles. The Labute approximate surface area is 181 Å². The highest BCUT2D eigenvalue weighted by molar-refractivity contribution is 7.89. The zero-order chi connectivity index (χ0) is 21.6. The molecule has 2 aromatic carbocycles. The van der Waals surface area contributed by atoms with E-state index in [0.717, 1.165) is 5.56 Å². The summed E-state index contributed by atoms with van der Waals surface area (Å²) in [6, 6.07) is 9.45. The lowest BCUT2D eigenvalue weighted by molar-refractivity contribution is 0.0939. The highest BCUT2D eigenvalue weighted by atomic mass is 35.5. The van der Waals surface area contributed by atoms with Gasteiger partial charge < -0.3 is 10.1 Å². The molecule has 0 aliphatic heterocycles. The van der Waals surface area contributed by atoms with Gasteiger partial charge in [0.05, 0.1) is 11.5 Å². The predicted molar refractivity (Wildman–Crippen MR) is 115 cm³/mol. The maximum atomic E-state index is 12.7. The van der Waals surface area contributed by atoms with Crippen LogP contribution in [-0.4, -0.2) is 40.6 Å². The molecule has 9 heteroatoms. The van der Waals surface area contributed by atoms with Gasteiger partial charge in [-0.05, 0) is 55.7 Å². The third kappa shape index (κ3) is 6.69. The minimum atomic E-state index is -3.73. The average Bonchev–Trinajstić information content (AvgIpc) is 2.64. The van der Waals surface area contributed by atoms with Gasteiger partial charge in [-0.25, -0.2) is 13.1 Å². The van der Waals surface area contributed by atoms with E-state index in [1.165, 1.54) is 19.2 Å². The summed E-state index contributed by atoms with van der Waals surface area (Å²) in [6.45, 7) is 4.01. The SMILES string of the molecule is COCCNS(=O)(=O)c1ccc(C)c(C(=O)NC(C)Cc2ccc(Cl)cc2Cl)c1. The first-order valence-corrected chi connectivity index (χ1v) is 11.2. The molecule has 0 heterocycles. The summed E-state index contributed by atoms with van der Waals surface area (Å²) >= 11 is 12.1. The second-order valence-corrected chi connectivity index (χ2v) is 9.29. The standard InChI is InChI=1S/C20H24Cl2N2O4S/c1-13-4-7-17(29(26,27)23-8-9-28-3)12-18(13)20(25)24-14(2)10-15-5-6-16(21)11-19(15)22/h4-7,11-12,14,23H,8-10H2,1-3H3,(H,24,25). The normalized spacial score (nSPS) is 12.6. The number of nitrogens with one attached hydrogen (secondary N) is 2. The van der Waals surface area contributed by atoms with E-state index in [1.54, 1.807) is 25.1 Å². The van der Waals surface area contributed by atoms with Crippen molar-refractivity contribution in [2.75, 3.05) is 20.3 Å². The molecule has 2 aromatic rings. The third-order valence-electron chi connectivity index (χ3n) is 4.28. The summed E-state index contributed by atoms with van der Waals surface area (Å²) in [5.74, 6) is -0.353. The highest BCUT2D eigenvalue weighted by Crippen LogP contribution is 2.22. The van der Waals surface area contributed by atoms with E-state index in [9.17, 15) is 13.2 Å². The van der Waals surface area contributed by atoms with Gasteiger partial charge in [0.25, 0.3) is 5.91 Å². The van der Waals surface area contributed by atoms with E-state index in [0.29, 0.717) is 27.6 Å². The van der Waals surface area contributed by atoms with Crippen molar-refractivity contribution in [3.05, 3.63) is 63.1 Å². The van der Waals surface area contributed by atoms with Crippen LogP contribution < -0.4 is 10.0 Å². The summed E-state index contributed by atoms with van der Waals surface area (Å²) in [7, 11) is -2.24. The molecule has 158 valence electrons. The predicted octanol–water partition coefficient (Wildman–Crippen LogP) is 3.59. The number of sulfonamides is 1. The second kappa shape index (κ2) is 10.4. The number of hydrogen-bond acceptors (Lipinski definition) is 4. The van der Waals surface area contributed by atoms with Crippen LogP contribution in [0.15, 0.2) is 41.3 Å². The van der Waals surface area contributed by atoms with Crippen LogP contribution >= 0.6 is 23.2 Å². The molecule has 0 spiro atoms. The monoisotopic (exact) mass is 458 g/mol. The topological polar surface area (TPSA) is 84.5 Å². The first-order valence-electron chi connectivity index (χ1n) is 8.98.